The maximum atomic E-state index is 4.47. The third kappa shape index (κ3) is 6.48. The molecule has 0 aliphatic heterocycles. The van der Waals surface area contributed by atoms with E-state index in [0.29, 0.717) is 17.8 Å². The summed E-state index contributed by atoms with van der Waals surface area (Å²) in [4.78, 5) is 13.3. The summed E-state index contributed by atoms with van der Waals surface area (Å²) >= 11 is 3.50. The minimum atomic E-state index is 0.299. The Hall–Kier alpha value is -4.04. The number of para-hydroxylation sites is 2. The molecule has 7 nitrogen and oxygen atoms in total. The lowest BCUT2D eigenvalue weighted by molar-refractivity contribution is 1.04. The number of anilines is 5. The van der Waals surface area contributed by atoms with E-state index in [9.17, 15) is 0 Å². The van der Waals surface area contributed by atoms with Crippen molar-refractivity contribution in [3.8, 4) is 0 Å². The van der Waals surface area contributed by atoms with Crippen molar-refractivity contribution in [2.45, 2.75) is 0 Å². The van der Waals surface area contributed by atoms with Gasteiger partial charge in [-0.05, 0) is 51.8 Å². The molecule has 1 aromatic heterocycles. The highest BCUT2D eigenvalue weighted by atomic mass is 79.9. The van der Waals surface area contributed by atoms with E-state index < -0.39 is 0 Å². The van der Waals surface area contributed by atoms with Crippen LogP contribution in [0.2, 0.25) is 0 Å². The molecular formula is C24H20BrN7. The van der Waals surface area contributed by atoms with Crippen LogP contribution in [0.25, 0.3) is 6.08 Å². The molecule has 0 aliphatic rings. The molecule has 0 amide bonds. The standard InChI is InChI=1S/C24H20BrN7/c25-19(16-18-10-4-1-5-11-18)17-26-32-24-30-22(27-20-12-6-2-7-13-20)29-23(31-24)28-21-14-8-3-9-15-21/h1-17H,(H3,27,28,29,30,31,32)/b19-16-,26-17-. The average Bonchev–Trinajstić information content (AvgIpc) is 2.81. The van der Waals surface area contributed by atoms with Crippen LogP contribution in [0, 0.1) is 0 Å². The van der Waals surface area contributed by atoms with Gasteiger partial charge in [0.25, 0.3) is 0 Å². The van der Waals surface area contributed by atoms with Crippen molar-refractivity contribution < 1.29 is 0 Å². The summed E-state index contributed by atoms with van der Waals surface area (Å²) in [5.74, 6) is 1.08. The molecule has 0 unspecified atom stereocenters. The molecule has 0 saturated heterocycles. The van der Waals surface area contributed by atoms with Crippen LogP contribution < -0.4 is 16.1 Å². The van der Waals surface area contributed by atoms with Gasteiger partial charge in [-0.3, -0.25) is 0 Å². The first-order valence-electron chi connectivity index (χ1n) is 9.86. The van der Waals surface area contributed by atoms with Crippen molar-refractivity contribution in [1.82, 2.24) is 15.0 Å². The molecule has 0 bridgehead atoms. The predicted octanol–water partition coefficient (Wildman–Crippen LogP) is 6.19. The Bertz CT molecular complexity index is 1140. The molecule has 158 valence electrons. The van der Waals surface area contributed by atoms with E-state index in [1.54, 1.807) is 6.21 Å². The fraction of sp³-hybridized carbons (Fsp3) is 0. The number of halogens is 1. The van der Waals surface area contributed by atoms with Crippen molar-refractivity contribution in [3.05, 3.63) is 101 Å². The van der Waals surface area contributed by atoms with Crippen molar-refractivity contribution in [1.29, 1.82) is 0 Å². The van der Waals surface area contributed by atoms with Crippen LogP contribution in [-0.2, 0) is 0 Å². The van der Waals surface area contributed by atoms with Crippen LogP contribution in [0.1, 0.15) is 5.56 Å². The molecule has 0 atom stereocenters. The van der Waals surface area contributed by atoms with Gasteiger partial charge in [0.05, 0.1) is 6.21 Å². The van der Waals surface area contributed by atoms with Gasteiger partial charge in [0.15, 0.2) is 0 Å². The lowest BCUT2D eigenvalue weighted by Crippen LogP contribution is -2.07. The summed E-state index contributed by atoms with van der Waals surface area (Å²) < 4.78 is 0.801. The largest absolute Gasteiger partial charge is 0.324 e. The topological polar surface area (TPSA) is 87.1 Å². The number of nitrogens with zero attached hydrogens (tertiary/aromatic N) is 4. The Labute approximate surface area is 194 Å². The summed E-state index contributed by atoms with van der Waals surface area (Å²) in [6, 6.07) is 29.3. The molecule has 32 heavy (non-hydrogen) atoms. The van der Waals surface area contributed by atoms with Crippen LogP contribution in [-0.4, -0.2) is 21.2 Å². The number of rotatable bonds is 8. The predicted molar refractivity (Wildman–Crippen MR) is 135 cm³/mol. The molecular weight excluding hydrogens is 466 g/mol. The van der Waals surface area contributed by atoms with E-state index in [0.717, 1.165) is 21.4 Å². The van der Waals surface area contributed by atoms with Gasteiger partial charge in [0.2, 0.25) is 17.8 Å². The molecule has 0 spiro atoms. The molecule has 0 saturated carbocycles. The molecule has 0 aliphatic carbocycles. The number of hydrogen-bond acceptors (Lipinski definition) is 7. The lowest BCUT2D eigenvalue weighted by Gasteiger charge is -2.10. The van der Waals surface area contributed by atoms with Gasteiger partial charge >= 0.3 is 0 Å². The minimum Gasteiger partial charge on any atom is -0.324 e. The summed E-state index contributed by atoms with van der Waals surface area (Å²) in [5, 5.41) is 10.6. The third-order valence-electron chi connectivity index (χ3n) is 4.15. The Morgan fingerprint density at radius 3 is 1.66 bits per heavy atom. The summed E-state index contributed by atoms with van der Waals surface area (Å²) in [5.41, 5.74) is 5.67. The minimum absolute atomic E-state index is 0.299. The zero-order valence-corrected chi connectivity index (χ0v) is 18.6. The van der Waals surface area contributed by atoms with E-state index in [-0.39, 0.29) is 0 Å². The number of allylic oxidation sites excluding steroid dienone is 1. The van der Waals surface area contributed by atoms with E-state index in [4.69, 9.17) is 0 Å². The van der Waals surface area contributed by atoms with Crippen LogP contribution in [0.15, 0.2) is 101 Å². The van der Waals surface area contributed by atoms with E-state index >= 15 is 0 Å². The van der Waals surface area contributed by atoms with Gasteiger partial charge in [0.1, 0.15) is 0 Å². The second-order valence-corrected chi connectivity index (χ2v) is 7.51. The van der Waals surface area contributed by atoms with Crippen LogP contribution in [0.5, 0.6) is 0 Å². The second-order valence-electron chi connectivity index (χ2n) is 6.60. The van der Waals surface area contributed by atoms with Crippen molar-refractivity contribution >= 4 is 57.4 Å². The highest BCUT2D eigenvalue weighted by Crippen LogP contribution is 2.18. The monoisotopic (exact) mass is 485 g/mol. The fourth-order valence-corrected chi connectivity index (χ4v) is 3.10. The van der Waals surface area contributed by atoms with Gasteiger partial charge in [-0.2, -0.15) is 20.1 Å². The molecule has 0 radical (unpaired) electrons. The molecule has 1 heterocycles. The SMILES string of the molecule is BrC(/C=N\Nc1nc(Nc2ccccc2)nc(Nc2ccccc2)n1)=C\c1ccccc1. The molecule has 4 aromatic rings. The zero-order chi connectivity index (χ0) is 22.0. The Morgan fingerprint density at radius 2 is 1.12 bits per heavy atom. The number of aromatic nitrogens is 3. The highest BCUT2D eigenvalue weighted by molar-refractivity contribution is 9.12. The second kappa shape index (κ2) is 10.8. The smallest absolute Gasteiger partial charge is 0.250 e. The molecule has 0 fully saturated rings. The van der Waals surface area contributed by atoms with Crippen LogP contribution in [0.3, 0.4) is 0 Å². The maximum absolute atomic E-state index is 4.47. The van der Waals surface area contributed by atoms with Gasteiger partial charge in [-0.25, -0.2) is 5.43 Å². The van der Waals surface area contributed by atoms with E-state index in [1.165, 1.54) is 0 Å². The summed E-state index contributed by atoms with van der Waals surface area (Å²) in [6.07, 6.45) is 3.61. The molecule has 8 heteroatoms. The average molecular weight is 486 g/mol. The van der Waals surface area contributed by atoms with Crippen molar-refractivity contribution in [2.75, 3.05) is 16.1 Å². The van der Waals surface area contributed by atoms with E-state index in [2.05, 4.69) is 52.0 Å². The van der Waals surface area contributed by atoms with E-state index in [1.807, 2.05) is 97.1 Å². The zero-order valence-electron chi connectivity index (χ0n) is 17.0. The third-order valence-corrected chi connectivity index (χ3v) is 4.59. The quantitative estimate of drug-likeness (QED) is 0.203. The van der Waals surface area contributed by atoms with Crippen LogP contribution in [0.4, 0.5) is 29.2 Å². The number of benzene rings is 3. The lowest BCUT2D eigenvalue weighted by atomic mass is 10.2. The number of hydrogen-bond donors (Lipinski definition) is 3. The first-order chi connectivity index (χ1) is 15.7. The maximum Gasteiger partial charge on any atom is 0.250 e. The fourth-order valence-electron chi connectivity index (χ4n) is 2.74. The molecule has 4 rings (SSSR count). The van der Waals surface area contributed by atoms with Gasteiger partial charge in [-0.15, -0.1) is 0 Å². The van der Waals surface area contributed by atoms with Crippen molar-refractivity contribution in [3.63, 3.8) is 0 Å². The van der Waals surface area contributed by atoms with Crippen molar-refractivity contribution in [2.24, 2.45) is 5.10 Å². The van der Waals surface area contributed by atoms with Gasteiger partial charge < -0.3 is 10.6 Å². The molecule has 3 aromatic carbocycles. The Morgan fingerprint density at radius 1 is 0.656 bits per heavy atom. The first-order valence-corrected chi connectivity index (χ1v) is 10.7. The molecule has 3 N–H and O–H groups in total. The number of hydrazone groups is 1. The number of nitrogens with one attached hydrogen (secondary N) is 3. The van der Waals surface area contributed by atoms with Crippen LogP contribution >= 0.6 is 15.9 Å². The summed E-state index contributed by atoms with van der Waals surface area (Å²) in [7, 11) is 0. The Kier molecular flexibility index (Phi) is 7.18. The van der Waals surface area contributed by atoms with Gasteiger partial charge in [0, 0.05) is 15.9 Å². The summed E-state index contributed by atoms with van der Waals surface area (Å²) in [6.45, 7) is 0. The normalized spacial score (nSPS) is 11.3. The first kappa shape index (κ1) is 21.2. The Balaban J connectivity index is 1.53. The highest BCUT2D eigenvalue weighted by Gasteiger charge is 2.07. The van der Waals surface area contributed by atoms with Gasteiger partial charge in [-0.1, -0.05) is 66.7 Å².